The second-order valence-electron chi connectivity index (χ2n) is 15.8. The molecule has 0 aromatic carbocycles. The molecule has 0 aliphatic rings. The third-order valence-electron chi connectivity index (χ3n) is 10.2. The molecule has 0 atom stereocenters. The van der Waals surface area contributed by atoms with Crippen LogP contribution in [0.1, 0.15) is 214 Å². The average molecular weight is 696 g/mol. The minimum absolute atomic E-state index is 0.00751. The fraction of sp³-hybridized carbons (Fsp3) is 0.953. The van der Waals surface area contributed by atoms with Gasteiger partial charge in [0, 0.05) is 19.4 Å². The normalized spacial score (nSPS) is 11.9. The molecule has 1 N–H and O–H groups in total. The van der Waals surface area contributed by atoms with Crippen molar-refractivity contribution in [2.45, 2.75) is 214 Å². The average Bonchev–Trinajstić information content (AvgIpc) is 3.07. The SMILES string of the molecule is CCCCCCCCCOC(=O)CCCCCCCN(CCO)CCCCCC(C)(C)COC(=O)CCCC(CCCCC)CCCCC. The van der Waals surface area contributed by atoms with Crippen LogP contribution in [-0.2, 0) is 19.1 Å². The van der Waals surface area contributed by atoms with E-state index < -0.39 is 0 Å². The van der Waals surface area contributed by atoms with Crippen LogP contribution in [0.15, 0.2) is 0 Å². The summed E-state index contributed by atoms with van der Waals surface area (Å²) in [6, 6.07) is 0. The third-order valence-corrected chi connectivity index (χ3v) is 10.2. The van der Waals surface area contributed by atoms with Crippen molar-refractivity contribution >= 4 is 11.9 Å². The van der Waals surface area contributed by atoms with Gasteiger partial charge >= 0.3 is 11.9 Å². The van der Waals surface area contributed by atoms with E-state index in [0.29, 0.717) is 26.1 Å². The van der Waals surface area contributed by atoms with Crippen LogP contribution < -0.4 is 0 Å². The van der Waals surface area contributed by atoms with Crippen molar-refractivity contribution in [1.82, 2.24) is 4.90 Å². The molecular formula is C43H85NO5. The summed E-state index contributed by atoms with van der Waals surface area (Å²) in [6.45, 7) is 15.3. The zero-order valence-electron chi connectivity index (χ0n) is 33.6. The minimum atomic E-state index is -0.0330. The molecule has 0 aromatic heterocycles. The van der Waals surface area contributed by atoms with Gasteiger partial charge in [-0.3, -0.25) is 9.59 Å². The molecule has 0 rings (SSSR count). The summed E-state index contributed by atoms with van der Waals surface area (Å²) in [5, 5.41) is 9.55. The highest BCUT2D eigenvalue weighted by atomic mass is 16.5. The molecule has 0 heterocycles. The van der Waals surface area contributed by atoms with Gasteiger partial charge < -0.3 is 19.5 Å². The van der Waals surface area contributed by atoms with E-state index in [4.69, 9.17) is 9.47 Å². The summed E-state index contributed by atoms with van der Waals surface area (Å²) in [4.78, 5) is 26.9. The number of carbonyl (C=O) groups excluding carboxylic acids is 2. The van der Waals surface area contributed by atoms with Gasteiger partial charge in [-0.05, 0) is 69.4 Å². The topological polar surface area (TPSA) is 76.1 Å². The Morgan fingerprint density at radius 2 is 1.02 bits per heavy atom. The quantitative estimate of drug-likeness (QED) is 0.0512. The molecule has 0 spiro atoms. The standard InChI is InChI=1S/C43H85NO5/c1-6-9-12-13-14-18-26-38-48-41(46)31-22-16-15-17-24-34-44(36-37-45)35-25-19-23-33-43(4,5)39-49-42(47)32-27-30-40(28-20-10-7-2)29-21-11-8-3/h40,45H,6-39H2,1-5H3. The van der Waals surface area contributed by atoms with E-state index in [2.05, 4.69) is 39.5 Å². The maximum absolute atomic E-state index is 12.5. The van der Waals surface area contributed by atoms with Crippen LogP contribution in [-0.4, -0.2) is 61.4 Å². The first kappa shape index (κ1) is 47.9. The van der Waals surface area contributed by atoms with E-state index in [-0.39, 0.29) is 24.0 Å². The van der Waals surface area contributed by atoms with Crippen molar-refractivity contribution < 1.29 is 24.2 Å². The number of hydrogen-bond donors (Lipinski definition) is 1. The Morgan fingerprint density at radius 3 is 1.63 bits per heavy atom. The first-order valence-electron chi connectivity index (χ1n) is 21.4. The molecule has 292 valence electrons. The molecule has 0 radical (unpaired) electrons. The Morgan fingerprint density at radius 1 is 0.551 bits per heavy atom. The Bertz CT molecular complexity index is 717. The van der Waals surface area contributed by atoms with Crippen LogP contribution in [0.25, 0.3) is 0 Å². The molecule has 0 saturated heterocycles. The number of nitrogens with zero attached hydrogens (tertiary/aromatic N) is 1. The molecule has 0 aliphatic heterocycles. The highest BCUT2D eigenvalue weighted by Crippen LogP contribution is 2.26. The fourth-order valence-corrected chi connectivity index (χ4v) is 6.80. The van der Waals surface area contributed by atoms with Gasteiger partial charge in [0.2, 0.25) is 0 Å². The van der Waals surface area contributed by atoms with E-state index in [1.54, 1.807) is 0 Å². The number of aliphatic hydroxyl groups is 1. The number of unbranched alkanes of at least 4 members (excludes halogenated alkanes) is 16. The molecule has 0 fully saturated rings. The molecule has 6 heteroatoms. The van der Waals surface area contributed by atoms with Crippen LogP contribution >= 0.6 is 0 Å². The van der Waals surface area contributed by atoms with Gasteiger partial charge in [-0.2, -0.15) is 0 Å². The van der Waals surface area contributed by atoms with Crippen LogP contribution in [0, 0.1) is 11.3 Å². The molecule has 0 amide bonds. The predicted octanol–water partition coefficient (Wildman–Crippen LogP) is 12.0. The maximum Gasteiger partial charge on any atom is 0.305 e. The van der Waals surface area contributed by atoms with Crippen LogP contribution in [0.5, 0.6) is 0 Å². The van der Waals surface area contributed by atoms with Gasteiger partial charge in [-0.15, -0.1) is 0 Å². The summed E-state index contributed by atoms with van der Waals surface area (Å²) in [5.41, 5.74) is 0.00751. The van der Waals surface area contributed by atoms with E-state index in [0.717, 1.165) is 96.2 Å². The first-order valence-corrected chi connectivity index (χ1v) is 21.4. The van der Waals surface area contributed by atoms with Gasteiger partial charge in [0.1, 0.15) is 0 Å². The number of rotatable bonds is 38. The number of hydrogen-bond acceptors (Lipinski definition) is 6. The summed E-state index contributed by atoms with van der Waals surface area (Å²) in [6.07, 6.45) is 32.3. The van der Waals surface area contributed by atoms with Gasteiger partial charge in [-0.1, -0.05) is 157 Å². The second kappa shape index (κ2) is 35.3. The Labute approximate surface area is 305 Å². The summed E-state index contributed by atoms with van der Waals surface area (Å²) >= 11 is 0. The number of aliphatic hydroxyl groups excluding tert-OH is 1. The van der Waals surface area contributed by atoms with Crippen molar-refractivity contribution in [2.24, 2.45) is 11.3 Å². The van der Waals surface area contributed by atoms with Crippen LogP contribution in [0.3, 0.4) is 0 Å². The molecule has 0 bridgehead atoms. The number of esters is 2. The van der Waals surface area contributed by atoms with Crippen molar-refractivity contribution in [2.75, 3.05) is 39.5 Å². The van der Waals surface area contributed by atoms with E-state index >= 15 is 0 Å². The molecule has 6 nitrogen and oxygen atoms in total. The van der Waals surface area contributed by atoms with Crippen LogP contribution in [0.2, 0.25) is 0 Å². The zero-order valence-corrected chi connectivity index (χ0v) is 33.6. The van der Waals surface area contributed by atoms with Crippen LogP contribution in [0.4, 0.5) is 0 Å². The van der Waals surface area contributed by atoms with Crippen molar-refractivity contribution in [3.8, 4) is 0 Å². The lowest BCUT2D eigenvalue weighted by molar-refractivity contribution is -0.147. The summed E-state index contributed by atoms with van der Waals surface area (Å²) < 4.78 is 11.1. The summed E-state index contributed by atoms with van der Waals surface area (Å²) in [7, 11) is 0. The zero-order chi connectivity index (χ0) is 36.3. The monoisotopic (exact) mass is 696 g/mol. The Kier molecular flexibility index (Phi) is 34.5. The fourth-order valence-electron chi connectivity index (χ4n) is 6.80. The molecule has 0 saturated carbocycles. The van der Waals surface area contributed by atoms with Crippen molar-refractivity contribution in [3.05, 3.63) is 0 Å². The lowest BCUT2D eigenvalue weighted by Crippen LogP contribution is -2.29. The predicted molar refractivity (Wildman–Crippen MR) is 209 cm³/mol. The molecule has 49 heavy (non-hydrogen) atoms. The van der Waals surface area contributed by atoms with E-state index in [9.17, 15) is 14.7 Å². The van der Waals surface area contributed by atoms with E-state index in [1.165, 1.54) is 96.3 Å². The number of ether oxygens (including phenoxy) is 2. The van der Waals surface area contributed by atoms with Gasteiger partial charge in [0.15, 0.2) is 0 Å². The smallest absolute Gasteiger partial charge is 0.305 e. The highest BCUT2D eigenvalue weighted by molar-refractivity contribution is 5.69. The highest BCUT2D eigenvalue weighted by Gasteiger charge is 2.20. The second-order valence-corrected chi connectivity index (χ2v) is 15.8. The summed E-state index contributed by atoms with van der Waals surface area (Å²) in [5.74, 6) is 0.716. The van der Waals surface area contributed by atoms with Gasteiger partial charge in [0.25, 0.3) is 0 Å². The lowest BCUT2D eigenvalue weighted by atomic mass is 9.88. The number of carbonyl (C=O) groups is 2. The molecule has 0 unspecified atom stereocenters. The third kappa shape index (κ3) is 33.7. The maximum atomic E-state index is 12.5. The molecular weight excluding hydrogens is 610 g/mol. The van der Waals surface area contributed by atoms with Crippen molar-refractivity contribution in [1.29, 1.82) is 0 Å². The minimum Gasteiger partial charge on any atom is -0.466 e. The largest absolute Gasteiger partial charge is 0.466 e. The first-order chi connectivity index (χ1) is 23.8. The van der Waals surface area contributed by atoms with Gasteiger partial charge in [0.05, 0.1) is 19.8 Å². The molecule has 0 aliphatic carbocycles. The van der Waals surface area contributed by atoms with Gasteiger partial charge in [-0.25, -0.2) is 0 Å². The lowest BCUT2D eigenvalue weighted by Gasteiger charge is -2.25. The van der Waals surface area contributed by atoms with Crippen molar-refractivity contribution in [3.63, 3.8) is 0 Å². The van der Waals surface area contributed by atoms with E-state index in [1.807, 2.05) is 0 Å². The Balaban J connectivity index is 3.94. The molecule has 0 aromatic rings. The Hall–Kier alpha value is -1.14.